The third-order valence-corrected chi connectivity index (χ3v) is 5.53. The Kier molecular flexibility index (Phi) is 5.23. The summed E-state index contributed by atoms with van der Waals surface area (Å²) in [4.78, 5) is 1.48. The Morgan fingerprint density at radius 3 is 2.43 bits per heavy atom. The SMILES string of the molecule is FC(F)(F)c1cccc(C2=CC[NH+](CCc3ccc4ccccc4c3)CC2)c1. The Labute approximate surface area is 163 Å². The molecule has 3 aromatic rings. The van der Waals surface area contributed by atoms with E-state index < -0.39 is 11.7 Å². The first-order valence-electron chi connectivity index (χ1n) is 9.67. The molecule has 0 radical (unpaired) electrons. The van der Waals surface area contributed by atoms with Gasteiger partial charge >= 0.3 is 6.18 Å². The largest absolute Gasteiger partial charge is 0.416 e. The van der Waals surface area contributed by atoms with Gasteiger partial charge < -0.3 is 4.90 Å². The van der Waals surface area contributed by atoms with Crippen LogP contribution in [0, 0.1) is 0 Å². The zero-order valence-electron chi connectivity index (χ0n) is 15.6. The van der Waals surface area contributed by atoms with Crippen LogP contribution in [-0.2, 0) is 12.6 Å². The number of fused-ring (bicyclic) bond motifs is 1. The van der Waals surface area contributed by atoms with Gasteiger partial charge in [-0.05, 0) is 45.7 Å². The Morgan fingerprint density at radius 1 is 0.857 bits per heavy atom. The average molecular weight is 382 g/mol. The lowest BCUT2D eigenvalue weighted by Gasteiger charge is -2.24. The summed E-state index contributed by atoms with van der Waals surface area (Å²) in [5.41, 5.74) is 2.49. The molecule has 4 heteroatoms. The van der Waals surface area contributed by atoms with Crippen LogP contribution in [0.15, 0.2) is 72.8 Å². The Morgan fingerprint density at radius 2 is 1.68 bits per heavy atom. The average Bonchev–Trinajstić information content (AvgIpc) is 2.72. The normalized spacial score (nSPS) is 17.5. The summed E-state index contributed by atoms with van der Waals surface area (Å²) >= 11 is 0. The Hall–Kier alpha value is -2.59. The third-order valence-electron chi connectivity index (χ3n) is 5.53. The van der Waals surface area contributed by atoms with Gasteiger partial charge in [-0.2, -0.15) is 13.2 Å². The monoisotopic (exact) mass is 382 g/mol. The molecule has 1 atom stereocenters. The van der Waals surface area contributed by atoms with E-state index in [1.165, 1.54) is 33.4 Å². The van der Waals surface area contributed by atoms with Gasteiger partial charge in [0.15, 0.2) is 0 Å². The van der Waals surface area contributed by atoms with Crippen LogP contribution in [0.3, 0.4) is 0 Å². The Bertz CT molecular complexity index is 1000. The molecule has 3 aromatic carbocycles. The van der Waals surface area contributed by atoms with Gasteiger partial charge in [0.05, 0.1) is 25.2 Å². The minimum absolute atomic E-state index is 0.572. The summed E-state index contributed by atoms with van der Waals surface area (Å²) in [6.45, 7) is 2.85. The molecule has 1 aliphatic heterocycles. The second kappa shape index (κ2) is 7.80. The van der Waals surface area contributed by atoms with Crippen molar-refractivity contribution in [3.63, 3.8) is 0 Å². The number of quaternary nitrogens is 1. The maximum absolute atomic E-state index is 12.9. The van der Waals surface area contributed by atoms with E-state index in [0.29, 0.717) is 5.56 Å². The minimum Gasteiger partial charge on any atom is -0.331 e. The number of rotatable bonds is 4. The first-order valence-corrected chi connectivity index (χ1v) is 9.67. The van der Waals surface area contributed by atoms with E-state index in [-0.39, 0.29) is 0 Å². The molecule has 0 aromatic heterocycles. The summed E-state index contributed by atoms with van der Waals surface area (Å²) < 4.78 is 38.8. The fourth-order valence-electron chi connectivity index (χ4n) is 3.88. The van der Waals surface area contributed by atoms with Crippen molar-refractivity contribution in [2.45, 2.75) is 19.0 Å². The molecular formula is C24H23F3N+. The number of hydrogen-bond donors (Lipinski definition) is 1. The first kappa shape index (κ1) is 18.8. The van der Waals surface area contributed by atoms with E-state index in [1.807, 2.05) is 6.07 Å². The van der Waals surface area contributed by atoms with Crippen LogP contribution in [0.2, 0.25) is 0 Å². The Balaban J connectivity index is 1.38. The van der Waals surface area contributed by atoms with Gasteiger partial charge in [0.25, 0.3) is 0 Å². The molecule has 144 valence electrons. The molecule has 0 bridgehead atoms. The number of nitrogens with one attached hydrogen (secondary N) is 1. The van der Waals surface area contributed by atoms with Crippen molar-refractivity contribution in [1.82, 2.24) is 0 Å². The van der Waals surface area contributed by atoms with Gasteiger partial charge in [-0.3, -0.25) is 0 Å². The maximum Gasteiger partial charge on any atom is 0.416 e. The van der Waals surface area contributed by atoms with E-state index >= 15 is 0 Å². The summed E-state index contributed by atoms with van der Waals surface area (Å²) in [5, 5.41) is 2.52. The minimum atomic E-state index is -4.29. The van der Waals surface area contributed by atoms with Crippen molar-refractivity contribution in [1.29, 1.82) is 0 Å². The van der Waals surface area contributed by atoms with Crippen LogP contribution in [0.1, 0.15) is 23.1 Å². The van der Waals surface area contributed by atoms with Crippen LogP contribution < -0.4 is 4.90 Å². The summed E-state index contributed by atoms with van der Waals surface area (Å²) in [7, 11) is 0. The molecule has 4 rings (SSSR count). The highest BCUT2D eigenvalue weighted by atomic mass is 19.4. The molecule has 0 aliphatic carbocycles. The molecule has 1 nitrogen and oxygen atoms in total. The van der Waals surface area contributed by atoms with Crippen molar-refractivity contribution in [2.75, 3.05) is 19.6 Å². The smallest absolute Gasteiger partial charge is 0.331 e. The lowest BCUT2D eigenvalue weighted by atomic mass is 9.97. The fraction of sp³-hybridized carbons (Fsp3) is 0.250. The summed E-state index contributed by atoms with van der Waals surface area (Å²) in [6, 6.07) is 20.7. The van der Waals surface area contributed by atoms with Crippen LogP contribution in [0.4, 0.5) is 13.2 Å². The first-order chi connectivity index (χ1) is 13.5. The highest BCUT2D eigenvalue weighted by Crippen LogP contribution is 2.31. The quantitative estimate of drug-likeness (QED) is 0.663. The summed E-state index contributed by atoms with van der Waals surface area (Å²) in [5.74, 6) is 0. The molecule has 0 amide bonds. The molecule has 1 aliphatic rings. The molecule has 0 spiro atoms. The second-order valence-corrected chi connectivity index (χ2v) is 7.44. The predicted octanol–water partition coefficient (Wildman–Crippen LogP) is 4.77. The highest BCUT2D eigenvalue weighted by molar-refractivity contribution is 5.83. The van der Waals surface area contributed by atoms with E-state index in [9.17, 15) is 13.2 Å². The maximum atomic E-state index is 12.9. The van der Waals surface area contributed by atoms with Gasteiger partial charge in [0.2, 0.25) is 0 Å². The van der Waals surface area contributed by atoms with Gasteiger partial charge in [-0.1, -0.05) is 54.6 Å². The number of benzene rings is 3. The van der Waals surface area contributed by atoms with Gasteiger partial charge in [0, 0.05) is 12.8 Å². The predicted molar refractivity (Wildman–Crippen MR) is 107 cm³/mol. The molecule has 0 fully saturated rings. The molecule has 1 N–H and O–H groups in total. The number of alkyl halides is 3. The lowest BCUT2D eigenvalue weighted by molar-refractivity contribution is -0.894. The lowest BCUT2D eigenvalue weighted by Crippen LogP contribution is -3.12. The van der Waals surface area contributed by atoms with Gasteiger partial charge in [0.1, 0.15) is 0 Å². The van der Waals surface area contributed by atoms with Crippen LogP contribution >= 0.6 is 0 Å². The van der Waals surface area contributed by atoms with E-state index in [0.717, 1.165) is 44.1 Å². The van der Waals surface area contributed by atoms with Crippen LogP contribution in [-0.4, -0.2) is 19.6 Å². The molecule has 28 heavy (non-hydrogen) atoms. The zero-order chi connectivity index (χ0) is 19.6. The number of halogens is 3. The van der Waals surface area contributed by atoms with Crippen molar-refractivity contribution >= 4 is 16.3 Å². The van der Waals surface area contributed by atoms with Crippen molar-refractivity contribution in [2.24, 2.45) is 0 Å². The van der Waals surface area contributed by atoms with Gasteiger partial charge in [-0.25, -0.2) is 0 Å². The standard InChI is InChI=1S/C24H22F3N/c25-24(26,27)23-7-3-6-22(17-23)20-11-14-28(15-12-20)13-10-18-8-9-19-4-1-2-5-21(19)16-18/h1-9,11,16-17H,10,12-15H2/p+1. The van der Waals surface area contributed by atoms with E-state index in [1.54, 1.807) is 6.07 Å². The van der Waals surface area contributed by atoms with E-state index in [4.69, 9.17) is 0 Å². The zero-order valence-corrected chi connectivity index (χ0v) is 15.6. The second-order valence-electron chi connectivity index (χ2n) is 7.44. The van der Waals surface area contributed by atoms with Crippen molar-refractivity contribution < 1.29 is 18.1 Å². The molecular weight excluding hydrogens is 359 g/mol. The molecule has 0 saturated heterocycles. The van der Waals surface area contributed by atoms with Crippen molar-refractivity contribution in [3.05, 3.63) is 89.5 Å². The van der Waals surface area contributed by atoms with E-state index in [2.05, 4.69) is 42.5 Å². The third kappa shape index (κ3) is 4.28. The van der Waals surface area contributed by atoms with Crippen LogP contribution in [0.25, 0.3) is 16.3 Å². The van der Waals surface area contributed by atoms with Gasteiger partial charge in [-0.15, -0.1) is 0 Å². The van der Waals surface area contributed by atoms with Crippen LogP contribution in [0.5, 0.6) is 0 Å². The topological polar surface area (TPSA) is 4.44 Å². The molecule has 0 saturated carbocycles. The molecule has 1 heterocycles. The summed E-state index contributed by atoms with van der Waals surface area (Å²) in [6.07, 6.45) is -0.363. The van der Waals surface area contributed by atoms with Crippen molar-refractivity contribution in [3.8, 4) is 0 Å². The highest BCUT2D eigenvalue weighted by Gasteiger charge is 2.30. The fourth-order valence-corrected chi connectivity index (χ4v) is 3.88. The molecule has 1 unspecified atom stereocenters. The number of hydrogen-bond acceptors (Lipinski definition) is 0.